The van der Waals surface area contributed by atoms with Crippen LogP contribution in [0, 0.1) is 5.41 Å². The molecule has 1 aliphatic rings. The van der Waals surface area contributed by atoms with Crippen molar-refractivity contribution in [3.63, 3.8) is 0 Å². The van der Waals surface area contributed by atoms with E-state index in [9.17, 15) is 0 Å². The Morgan fingerprint density at radius 2 is 2.20 bits per heavy atom. The molecule has 0 saturated carbocycles. The van der Waals surface area contributed by atoms with Crippen LogP contribution in [0.5, 0.6) is 0 Å². The fourth-order valence-electron chi connectivity index (χ4n) is 2.25. The van der Waals surface area contributed by atoms with Crippen molar-refractivity contribution in [2.75, 3.05) is 26.2 Å². The van der Waals surface area contributed by atoms with Gasteiger partial charge >= 0.3 is 0 Å². The molecule has 2 N–H and O–H groups in total. The molecule has 2 rings (SSSR count). The average Bonchev–Trinajstić information content (AvgIpc) is 2.87. The Hall–Kier alpha value is -0.980. The molecule has 0 radical (unpaired) electrons. The van der Waals surface area contributed by atoms with Crippen molar-refractivity contribution in [3.8, 4) is 0 Å². The van der Waals surface area contributed by atoms with Gasteiger partial charge in [-0.15, -0.1) is 0 Å². The Bertz CT molecular complexity index is 425. The van der Waals surface area contributed by atoms with Crippen LogP contribution < -0.4 is 5.73 Å². The third kappa shape index (κ3) is 3.56. The van der Waals surface area contributed by atoms with Crippen molar-refractivity contribution in [1.29, 1.82) is 0 Å². The van der Waals surface area contributed by atoms with E-state index in [1.54, 1.807) is 0 Å². The molecule has 1 unspecified atom stereocenters. The standard InChI is InChI=1S/C14H26N4O2/c1-5-6-18-7-8-19-10(9-18)12-16-13(20-17-12)11(15)14(2,3)4/h10-11H,5-9,15H2,1-4H3/t10?,11-/m0/s1. The lowest BCUT2D eigenvalue weighted by Gasteiger charge is -2.31. The van der Waals surface area contributed by atoms with Gasteiger partial charge in [-0.1, -0.05) is 32.9 Å². The zero-order valence-corrected chi connectivity index (χ0v) is 12.9. The van der Waals surface area contributed by atoms with Gasteiger partial charge in [0.05, 0.1) is 12.6 Å². The molecule has 6 nitrogen and oxygen atoms in total. The lowest BCUT2D eigenvalue weighted by Crippen LogP contribution is -2.39. The fourth-order valence-corrected chi connectivity index (χ4v) is 2.25. The maximum Gasteiger partial charge on any atom is 0.244 e. The predicted molar refractivity (Wildman–Crippen MR) is 76.1 cm³/mol. The third-order valence-electron chi connectivity index (χ3n) is 3.63. The quantitative estimate of drug-likeness (QED) is 0.908. The minimum Gasteiger partial charge on any atom is -0.367 e. The van der Waals surface area contributed by atoms with E-state index in [-0.39, 0.29) is 17.6 Å². The summed E-state index contributed by atoms with van der Waals surface area (Å²) in [4.78, 5) is 6.81. The van der Waals surface area contributed by atoms with E-state index in [1.807, 2.05) is 0 Å². The summed E-state index contributed by atoms with van der Waals surface area (Å²) in [6, 6.07) is -0.265. The van der Waals surface area contributed by atoms with Gasteiger partial charge in [0.15, 0.2) is 0 Å². The topological polar surface area (TPSA) is 77.4 Å². The summed E-state index contributed by atoms with van der Waals surface area (Å²) in [6.07, 6.45) is 1.03. The van der Waals surface area contributed by atoms with Crippen molar-refractivity contribution in [2.24, 2.45) is 11.1 Å². The highest BCUT2D eigenvalue weighted by Crippen LogP contribution is 2.30. The van der Waals surface area contributed by atoms with Crippen molar-refractivity contribution in [3.05, 3.63) is 11.7 Å². The Morgan fingerprint density at radius 3 is 2.85 bits per heavy atom. The second-order valence-electron chi connectivity index (χ2n) is 6.49. The molecule has 1 aromatic heterocycles. The monoisotopic (exact) mass is 282 g/mol. The number of hydrogen-bond acceptors (Lipinski definition) is 6. The van der Waals surface area contributed by atoms with Gasteiger partial charge in [-0.2, -0.15) is 4.98 Å². The number of nitrogens with zero attached hydrogens (tertiary/aromatic N) is 3. The maximum absolute atomic E-state index is 6.14. The van der Waals surface area contributed by atoms with E-state index in [2.05, 4.69) is 42.7 Å². The van der Waals surface area contributed by atoms with E-state index >= 15 is 0 Å². The van der Waals surface area contributed by atoms with Crippen LogP contribution in [0.1, 0.15) is 58.0 Å². The Morgan fingerprint density at radius 1 is 1.45 bits per heavy atom. The van der Waals surface area contributed by atoms with Gasteiger partial charge < -0.3 is 15.0 Å². The van der Waals surface area contributed by atoms with E-state index in [4.69, 9.17) is 15.0 Å². The number of nitrogens with two attached hydrogens (primary N) is 1. The second kappa shape index (κ2) is 6.20. The van der Waals surface area contributed by atoms with E-state index in [0.717, 1.165) is 26.1 Å². The minimum atomic E-state index is -0.265. The summed E-state index contributed by atoms with van der Waals surface area (Å²) in [5, 5.41) is 4.05. The van der Waals surface area contributed by atoms with Gasteiger partial charge in [-0.25, -0.2) is 0 Å². The first-order valence-corrected chi connectivity index (χ1v) is 7.35. The summed E-state index contributed by atoms with van der Waals surface area (Å²) in [7, 11) is 0. The van der Waals surface area contributed by atoms with Crippen LogP contribution in [0.3, 0.4) is 0 Å². The molecule has 2 heterocycles. The summed E-state index contributed by atoms with van der Waals surface area (Å²) < 4.78 is 11.1. The third-order valence-corrected chi connectivity index (χ3v) is 3.63. The van der Waals surface area contributed by atoms with Crippen LogP contribution in [0.25, 0.3) is 0 Å². The number of rotatable bonds is 4. The van der Waals surface area contributed by atoms with Crippen molar-refractivity contribution in [2.45, 2.75) is 46.3 Å². The molecule has 0 amide bonds. The van der Waals surface area contributed by atoms with E-state index < -0.39 is 0 Å². The Kier molecular flexibility index (Phi) is 4.78. The summed E-state index contributed by atoms with van der Waals surface area (Å²) in [6.45, 7) is 11.9. The van der Waals surface area contributed by atoms with Crippen molar-refractivity contribution >= 4 is 0 Å². The van der Waals surface area contributed by atoms with Crippen LogP contribution in [0.4, 0.5) is 0 Å². The molecule has 1 aromatic rings. The molecule has 2 atom stereocenters. The zero-order valence-electron chi connectivity index (χ0n) is 12.9. The Balaban J connectivity index is 2.05. The molecular weight excluding hydrogens is 256 g/mol. The summed E-state index contributed by atoms with van der Waals surface area (Å²) in [5.41, 5.74) is 6.04. The molecule has 0 bridgehead atoms. The number of hydrogen-bond donors (Lipinski definition) is 1. The number of morpholine rings is 1. The lowest BCUT2D eigenvalue weighted by atomic mass is 9.87. The maximum atomic E-state index is 6.14. The van der Waals surface area contributed by atoms with Crippen LogP contribution in [0.2, 0.25) is 0 Å². The molecule has 20 heavy (non-hydrogen) atoms. The number of ether oxygens (including phenoxy) is 1. The van der Waals surface area contributed by atoms with Crippen molar-refractivity contribution < 1.29 is 9.26 Å². The largest absolute Gasteiger partial charge is 0.367 e. The smallest absolute Gasteiger partial charge is 0.244 e. The van der Waals surface area contributed by atoms with E-state index in [1.165, 1.54) is 0 Å². The van der Waals surface area contributed by atoms with Crippen LogP contribution >= 0.6 is 0 Å². The van der Waals surface area contributed by atoms with Gasteiger partial charge in [0.1, 0.15) is 6.10 Å². The Labute approximate surface area is 120 Å². The fraction of sp³-hybridized carbons (Fsp3) is 0.857. The van der Waals surface area contributed by atoms with E-state index in [0.29, 0.717) is 18.3 Å². The summed E-state index contributed by atoms with van der Waals surface area (Å²) >= 11 is 0. The molecule has 0 spiro atoms. The zero-order chi connectivity index (χ0) is 14.8. The molecule has 6 heteroatoms. The SMILES string of the molecule is CCCN1CCOC(c2noc([C@H](N)C(C)(C)C)n2)C1. The predicted octanol–water partition coefficient (Wildman–Crippen LogP) is 1.90. The van der Waals surface area contributed by atoms with Gasteiger partial charge in [0, 0.05) is 13.1 Å². The van der Waals surface area contributed by atoms with Gasteiger partial charge in [0.2, 0.25) is 11.7 Å². The number of aromatic nitrogens is 2. The molecule has 0 aromatic carbocycles. The van der Waals surface area contributed by atoms with Crippen LogP contribution in [-0.4, -0.2) is 41.3 Å². The first-order valence-electron chi connectivity index (χ1n) is 7.35. The van der Waals surface area contributed by atoms with Crippen LogP contribution in [0.15, 0.2) is 4.52 Å². The highest BCUT2D eigenvalue weighted by molar-refractivity contribution is 5.00. The van der Waals surface area contributed by atoms with Gasteiger partial charge in [0.25, 0.3) is 0 Å². The first-order chi connectivity index (χ1) is 9.41. The molecule has 1 aliphatic heterocycles. The highest BCUT2D eigenvalue weighted by atomic mass is 16.5. The second-order valence-corrected chi connectivity index (χ2v) is 6.49. The van der Waals surface area contributed by atoms with Crippen LogP contribution in [-0.2, 0) is 4.74 Å². The van der Waals surface area contributed by atoms with Crippen molar-refractivity contribution in [1.82, 2.24) is 15.0 Å². The molecular formula is C14H26N4O2. The van der Waals surface area contributed by atoms with Gasteiger partial charge in [-0.3, -0.25) is 4.90 Å². The molecule has 1 fully saturated rings. The van der Waals surface area contributed by atoms with Gasteiger partial charge in [-0.05, 0) is 18.4 Å². The highest BCUT2D eigenvalue weighted by Gasteiger charge is 2.30. The minimum absolute atomic E-state index is 0.106. The lowest BCUT2D eigenvalue weighted by molar-refractivity contribution is -0.0350. The summed E-state index contributed by atoms with van der Waals surface area (Å²) in [5.74, 6) is 1.10. The normalized spacial score (nSPS) is 22.9. The first kappa shape index (κ1) is 15.4. The molecule has 1 saturated heterocycles. The average molecular weight is 282 g/mol. The molecule has 0 aliphatic carbocycles. The molecule has 114 valence electrons.